The summed E-state index contributed by atoms with van der Waals surface area (Å²) < 4.78 is 32.2. The average molecular weight is 514 g/mol. The van der Waals surface area contributed by atoms with E-state index in [-0.39, 0.29) is 23.4 Å². The number of hydrogen-bond donors (Lipinski definition) is 2. The van der Waals surface area contributed by atoms with Crippen LogP contribution in [0.3, 0.4) is 0 Å². The van der Waals surface area contributed by atoms with Crippen molar-refractivity contribution in [2.75, 3.05) is 13.4 Å². The van der Waals surface area contributed by atoms with E-state index in [1.54, 1.807) is 59.2 Å². The number of sulfonamides is 1. The highest BCUT2D eigenvalue weighted by molar-refractivity contribution is 7.89. The van der Waals surface area contributed by atoms with E-state index in [1.165, 1.54) is 13.3 Å². The Balaban J connectivity index is 1.99. The molecule has 180 valence electrons. The number of esters is 1. The van der Waals surface area contributed by atoms with Gasteiger partial charge in [0.15, 0.2) is 0 Å². The van der Waals surface area contributed by atoms with Gasteiger partial charge in [0.25, 0.3) is 11.5 Å². The number of fused-ring (bicyclic) bond motifs is 1. The molecule has 0 saturated heterocycles. The Morgan fingerprint density at radius 2 is 1.83 bits per heavy atom. The molecule has 0 bridgehead atoms. The largest absolute Gasteiger partial charge is 0.465 e. The number of carbonyl (C=O) groups excluding carboxylic acids is 2. The van der Waals surface area contributed by atoms with E-state index < -0.39 is 27.5 Å². The zero-order valence-corrected chi connectivity index (χ0v) is 20.2. The molecular weight excluding hydrogens is 494 g/mol. The lowest BCUT2D eigenvalue weighted by Gasteiger charge is -2.13. The molecule has 2 aromatic heterocycles. The molecule has 2 N–H and O–H groups in total. The molecule has 9 nitrogen and oxygen atoms in total. The van der Waals surface area contributed by atoms with Gasteiger partial charge in [0.05, 0.1) is 18.9 Å². The van der Waals surface area contributed by atoms with Crippen molar-refractivity contribution in [3.8, 4) is 11.1 Å². The second kappa shape index (κ2) is 9.40. The molecule has 11 heteroatoms. The van der Waals surface area contributed by atoms with Crippen LogP contribution in [0.1, 0.15) is 26.4 Å². The van der Waals surface area contributed by atoms with E-state index >= 15 is 0 Å². The zero-order chi connectivity index (χ0) is 25.3. The normalized spacial score (nSPS) is 11.4. The number of methoxy groups -OCH3 is 1. The Morgan fingerprint density at radius 3 is 2.46 bits per heavy atom. The third-order valence-electron chi connectivity index (χ3n) is 5.32. The number of ether oxygens (including phenoxy) is 1. The summed E-state index contributed by atoms with van der Waals surface area (Å²) >= 11 is 6.25. The third kappa shape index (κ3) is 4.98. The van der Waals surface area contributed by atoms with Crippen molar-refractivity contribution in [1.82, 2.24) is 14.3 Å². The van der Waals surface area contributed by atoms with Gasteiger partial charge in [0.2, 0.25) is 10.0 Å². The molecule has 1 amide bonds. The fourth-order valence-corrected chi connectivity index (χ4v) is 4.49. The van der Waals surface area contributed by atoms with Crippen molar-refractivity contribution in [2.24, 2.45) is 0 Å². The molecule has 4 aromatic rings. The van der Waals surface area contributed by atoms with Crippen LogP contribution in [0.2, 0.25) is 5.02 Å². The molecule has 0 aliphatic carbocycles. The summed E-state index contributed by atoms with van der Waals surface area (Å²) in [5.41, 5.74) is 1.57. The minimum absolute atomic E-state index is 0.0264. The molecule has 2 aromatic carbocycles. The molecule has 2 heterocycles. The number of H-pyrrole nitrogens is 1. The average Bonchev–Trinajstić information content (AvgIpc) is 3.11. The number of halogens is 1. The Bertz CT molecular complexity index is 1620. The van der Waals surface area contributed by atoms with Gasteiger partial charge in [-0.1, -0.05) is 23.7 Å². The summed E-state index contributed by atoms with van der Waals surface area (Å²) in [6.45, 7) is 0.136. The number of benzene rings is 2. The molecule has 0 spiro atoms. The van der Waals surface area contributed by atoms with Gasteiger partial charge in [-0.25, -0.2) is 17.9 Å². The SMILES string of the molecule is COC(=O)c1ccc(Cn2c(C(=O)NS(C)(=O)=O)c(-c3ccc[nH]c3=O)c3cc(Cl)ccc32)cc1. The number of carbonyl (C=O) groups is 2. The van der Waals surface area contributed by atoms with Gasteiger partial charge in [-0.2, -0.15) is 0 Å². The first-order valence-electron chi connectivity index (χ1n) is 10.3. The second-order valence-electron chi connectivity index (χ2n) is 7.78. The summed E-state index contributed by atoms with van der Waals surface area (Å²) in [7, 11) is -2.63. The van der Waals surface area contributed by atoms with Crippen molar-refractivity contribution < 1.29 is 22.7 Å². The van der Waals surface area contributed by atoms with Crippen molar-refractivity contribution in [3.63, 3.8) is 0 Å². The van der Waals surface area contributed by atoms with E-state index in [0.29, 0.717) is 27.1 Å². The molecule has 0 atom stereocenters. The Kier molecular flexibility index (Phi) is 6.51. The first kappa shape index (κ1) is 24.2. The Morgan fingerprint density at radius 1 is 1.11 bits per heavy atom. The quantitative estimate of drug-likeness (QED) is 0.381. The Labute approximate surface area is 205 Å². The molecule has 4 rings (SSSR count). The van der Waals surface area contributed by atoms with Crippen LogP contribution in [-0.2, 0) is 21.3 Å². The first-order chi connectivity index (χ1) is 16.6. The lowest BCUT2D eigenvalue weighted by Crippen LogP contribution is -2.31. The van der Waals surface area contributed by atoms with Crippen molar-refractivity contribution in [1.29, 1.82) is 0 Å². The maximum Gasteiger partial charge on any atom is 0.337 e. The molecule has 0 aliphatic rings. The highest BCUT2D eigenvalue weighted by Gasteiger charge is 2.27. The Hall–Kier alpha value is -3.89. The molecule has 0 unspecified atom stereocenters. The molecule has 0 radical (unpaired) electrons. The highest BCUT2D eigenvalue weighted by Crippen LogP contribution is 2.36. The number of nitrogens with one attached hydrogen (secondary N) is 2. The minimum Gasteiger partial charge on any atom is -0.465 e. The summed E-state index contributed by atoms with van der Waals surface area (Å²) in [6.07, 6.45) is 2.33. The first-order valence-corrected chi connectivity index (χ1v) is 12.5. The summed E-state index contributed by atoms with van der Waals surface area (Å²) in [5, 5.41) is 0.875. The van der Waals surface area contributed by atoms with Gasteiger partial charge < -0.3 is 14.3 Å². The predicted molar refractivity (Wildman–Crippen MR) is 132 cm³/mol. The lowest BCUT2D eigenvalue weighted by molar-refractivity contribution is 0.0600. The molecular formula is C24H20ClN3O6S. The van der Waals surface area contributed by atoms with E-state index in [4.69, 9.17) is 16.3 Å². The number of aromatic nitrogens is 2. The van der Waals surface area contributed by atoms with Crippen LogP contribution in [0.4, 0.5) is 0 Å². The van der Waals surface area contributed by atoms with Gasteiger partial charge in [-0.05, 0) is 48.0 Å². The van der Waals surface area contributed by atoms with E-state index in [9.17, 15) is 22.8 Å². The number of nitrogens with zero attached hydrogens (tertiary/aromatic N) is 1. The van der Waals surface area contributed by atoms with Crippen molar-refractivity contribution >= 4 is 44.4 Å². The van der Waals surface area contributed by atoms with Gasteiger partial charge in [0.1, 0.15) is 5.69 Å². The third-order valence-corrected chi connectivity index (χ3v) is 6.11. The maximum atomic E-state index is 13.3. The highest BCUT2D eigenvalue weighted by atomic mass is 35.5. The van der Waals surface area contributed by atoms with Crippen molar-refractivity contribution in [3.05, 3.63) is 93.0 Å². The number of hydrogen-bond acceptors (Lipinski definition) is 6. The van der Waals surface area contributed by atoms with Crippen LogP contribution in [-0.4, -0.2) is 43.2 Å². The van der Waals surface area contributed by atoms with Gasteiger partial charge in [-0.3, -0.25) is 9.59 Å². The standard InChI is InChI=1S/C24H20ClN3O6S/c1-34-24(31)15-7-5-14(6-8-15)13-28-19-10-9-16(25)12-18(19)20(17-4-3-11-26-22(17)29)21(28)23(30)27-35(2,32)33/h3-12H,13H2,1-2H3,(H,26,29)(H,27,30). The fourth-order valence-electron chi connectivity index (χ4n) is 3.88. The van der Waals surface area contributed by atoms with E-state index in [1.807, 2.05) is 4.72 Å². The predicted octanol–water partition coefficient (Wildman–Crippen LogP) is 3.17. The minimum atomic E-state index is -3.91. The topological polar surface area (TPSA) is 127 Å². The van der Waals surface area contributed by atoms with Gasteiger partial charge >= 0.3 is 5.97 Å². The number of amides is 1. The van der Waals surface area contributed by atoms with E-state index in [2.05, 4.69) is 4.98 Å². The molecule has 0 fully saturated rings. The van der Waals surface area contributed by atoms with Crippen LogP contribution < -0.4 is 10.3 Å². The number of pyridine rings is 1. The molecule has 0 saturated carbocycles. The summed E-state index contributed by atoms with van der Waals surface area (Å²) in [6, 6.07) is 14.7. The van der Waals surface area contributed by atoms with Crippen LogP contribution in [0.15, 0.2) is 65.6 Å². The lowest BCUT2D eigenvalue weighted by atomic mass is 10.0. The van der Waals surface area contributed by atoms with Crippen molar-refractivity contribution in [2.45, 2.75) is 6.54 Å². The second-order valence-corrected chi connectivity index (χ2v) is 9.96. The van der Waals surface area contributed by atoms with Crippen LogP contribution in [0, 0.1) is 0 Å². The van der Waals surface area contributed by atoms with Crippen LogP contribution in [0.5, 0.6) is 0 Å². The number of rotatable bonds is 6. The van der Waals surface area contributed by atoms with Crippen LogP contribution >= 0.6 is 11.6 Å². The monoisotopic (exact) mass is 513 g/mol. The zero-order valence-electron chi connectivity index (χ0n) is 18.7. The summed E-state index contributed by atoms with van der Waals surface area (Å²) in [4.78, 5) is 40.4. The molecule has 35 heavy (non-hydrogen) atoms. The summed E-state index contributed by atoms with van der Waals surface area (Å²) in [5.74, 6) is -1.39. The van der Waals surface area contributed by atoms with E-state index in [0.717, 1.165) is 6.26 Å². The fraction of sp³-hybridized carbons (Fsp3) is 0.125. The maximum absolute atomic E-state index is 13.3. The van der Waals surface area contributed by atoms with Gasteiger partial charge in [-0.15, -0.1) is 0 Å². The smallest absolute Gasteiger partial charge is 0.337 e. The van der Waals surface area contributed by atoms with Gasteiger partial charge in [0, 0.05) is 39.8 Å². The van der Waals surface area contributed by atoms with Crippen LogP contribution in [0.25, 0.3) is 22.0 Å². The molecule has 0 aliphatic heterocycles. The number of aromatic amines is 1.